The first-order chi connectivity index (χ1) is 14.5. The highest BCUT2D eigenvalue weighted by Crippen LogP contribution is 2.38. The van der Waals surface area contributed by atoms with Crippen LogP contribution in [0.2, 0.25) is 5.02 Å². The summed E-state index contributed by atoms with van der Waals surface area (Å²) in [5.74, 6) is -0.298. The molecular formula is C22H20ClN5O2. The van der Waals surface area contributed by atoms with Crippen molar-refractivity contribution in [3.63, 3.8) is 0 Å². The van der Waals surface area contributed by atoms with Crippen LogP contribution < -0.4 is 16.4 Å². The summed E-state index contributed by atoms with van der Waals surface area (Å²) < 4.78 is 1.77. The van der Waals surface area contributed by atoms with Crippen LogP contribution in [-0.2, 0) is 4.79 Å². The van der Waals surface area contributed by atoms with Crippen molar-refractivity contribution in [3.8, 4) is 11.3 Å². The highest BCUT2D eigenvalue weighted by atomic mass is 35.5. The number of nitrogens with two attached hydrogens (primary N) is 1. The van der Waals surface area contributed by atoms with E-state index in [2.05, 4.69) is 17.2 Å². The lowest BCUT2D eigenvalue weighted by atomic mass is 9.99. The Balaban J connectivity index is 1.85. The van der Waals surface area contributed by atoms with Crippen molar-refractivity contribution in [2.45, 2.75) is 12.5 Å². The lowest BCUT2D eigenvalue weighted by Crippen LogP contribution is -2.27. The zero-order valence-corrected chi connectivity index (χ0v) is 16.8. The number of carbonyl (C=O) groups is 2. The lowest BCUT2D eigenvalue weighted by molar-refractivity contribution is -0.111. The molecule has 1 aliphatic heterocycles. The fourth-order valence-electron chi connectivity index (χ4n) is 3.69. The van der Waals surface area contributed by atoms with Crippen molar-refractivity contribution in [2.75, 3.05) is 17.2 Å². The maximum absolute atomic E-state index is 12.3. The molecule has 1 aromatic heterocycles. The van der Waals surface area contributed by atoms with Gasteiger partial charge in [0, 0.05) is 28.4 Å². The molecule has 7 nitrogen and oxygen atoms in total. The molecule has 2 aromatic carbocycles. The van der Waals surface area contributed by atoms with Crippen LogP contribution in [-0.4, -0.2) is 28.1 Å². The second kappa shape index (κ2) is 8.04. The van der Waals surface area contributed by atoms with Gasteiger partial charge in [-0.25, -0.2) is 4.68 Å². The van der Waals surface area contributed by atoms with Gasteiger partial charge in [-0.05, 0) is 30.7 Å². The Hall–Kier alpha value is -3.58. The quantitative estimate of drug-likeness (QED) is 0.545. The van der Waals surface area contributed by atoms with Crippen LogP contribution in [0.15, 0.2) is 61.2 Å². The molecule has 8 heteroatoms. The van der Waals surface area contributed by atoms with E-state index in [4.69, 9.17) is 22.4 Å². The number of hydrogen-bond donors (Lipinski definition) is 3. The molecule has 1 unspecified atom stereocenters. The highest BCUT2D eigenvalue weighted by Gasteiger charge is 2.31. The first kappa shape index (κ1) is 19.7. The van der Waals surface area contributed by atoms with E-state index < -0.39 is 5.91 Å². The van der Waals surface area contributed by atoms with E-state index >= 15 is 0 Å². The Bertz CT molecular complexity index is 1140. The summed E-state index contributed by atoms with van der Waals surface area (Å²) >= 11 is 6.01. The molecule has 152 valence electrons. The van der Waals surface area contributed by atoms with Crippen molar-refractivity contribution in [2.24, 2.45) is 5.73 Å². The number of rotatable bonds is 5. The summed E-state index contributed by atoms with van der Waals surface area (Å²) in [6, 6.07) is 14.4. The van der Waals surface area contributed by atoms with Crippen LogP contribution in [0.3, 0.4) is 0 Å². The van der Waals surface area contributed by atoms with E-state index in [9.17, 15) is 9.59 Å². The van der Waals surface area contributed by atoms with Crippen molar-refractivity contribution < 1.29 is 9.59 Å². The van der Waals surface area contributed by atoms with E-state index in [0.29, 0.717) is 40.8 Å². The average molecular weight is 422 g/mol. The van der Waals surface area contributed by atoms with E-state index in [-0.39, 0.29) is 11.9 Å². The third-order valence-electron chi connectivity index (χ3n) is 5.04. The molecule has 4 N–H and O–H groups in total. The van der Waals surface area contributed by atoms with Gasteiger partial charge in [0.05, 0.1) is 6.04 Å². The van der Waals surface area contributed by atoms with Crippen LogP contribution in [0.4, 0.5) is 11.5 Å². The number of hydrogen-bond acceptors (Lipinski definition) is 4. The molecule has 4 rings (SSSR count). The summed E-state index contributed by atoms with van der Waals surface area (Å²) in [4.78, 5) is 24.2. The normalized spacial score (nSPS) is 15.0. The summed E-state index contributed by atoms with van der Waals surface area (Å²) in [5.41, 5.74) is 8.83. The SMILES string of the molecule is C=CC(=O)Nc1ccccc1C1CCNc2c(C(N)=O)c(-c3ccc(Cl)cc3)nn21. The Morgan fingerprint density at radius 2 is 1.97 bits per heavy atom. The number of fused-ring (bicyclic) bond motifs is 1. The molecule has 0 bridgehead atoms. The van der Waals surface area contributed by atoms with Crippen LogP contribution in [0, 0.1) is 0 Å². The fraction of sp³-hybridized carbons (Fsp3) is 0.136. The molecule has 3 aromatic rings. The molecule has 0 aliphatic carbocycles. The van der Waals surface area contributed by atoms with Gasteiger partial charge in [-0.1, -0.05) is 48.5 Å². The number of nitrogens with one attached hydrogen (secondary N) is 2. The van der Waals surface area contributed by atoms with Gasteiger partial charge in [-0.15, -0.1) is 0 Å². The summed E-state index contributed by atoms with van der Waals surface area (Å²) in [5, 5.41) is 11.4. The summed E-state index contributed by atoms with van der Waals surface area (Å²) in [6.45, 7) is 4.13. The molecule has 0 fully saturated rings. The number of benzene rings is 2. The second-order valence-electron chi connectivity index (χ2n) is 6.90. The fourth-order valence-corrected chi connectivity index (χ4v) is 3.82. The van der Waals surface area contributed by atoms with Gasteiger partial charge in [0.2, 0.25) is 5.91 Å². The first-order valence-corrected chi connectivity index (χ1v) is 9.82. The smallest absolute Gasteiger partial charge is 0.254 e. The minimum atomic E-state index is -0.567. The van der Waals surface area contributed by atoms with Crippen LogP contribution >= 0.6 is 11.6 Å². The maximum atomic E-state index is 12.3. The number of para-hydroxylation sites is 1. The molecule has 0 saturated heterocycles. The van der Waals surface area contributed by atoms with Crippen molar-refractivity contribution in [1.29, 1.82) is 0 Å². The maximum Gasteiger partial charge on any atom is 0.254 e. The molecule has 2 heterocycles. The van der Waals surface area contributed by atoms with Gasteiger partial charge in [-0.2, -0.15) is 5.10 Å². The summed E-state index contributed by atoms with van der Waals surface area (Å²) in [7, 11) is 0. The Morgan fingerprint density at radius 1 is 1.23 bits per heavy atom. The molecule has 0 spiro atoms. The summed E-state index contributed by atoms with van der Waals surface area (Å²) in [6.07, 6.45) is 1.94. The number of halogens is 1. The number of carbonyl (C=O) groups excluding carboxylic acids is 2. The molecule has 0 saturated carbocycles. The van der Waals surface area contributed by atoms with Crippen LogP contribution in [0.5, 0.6) is 0 Å². The van der Waals surface area contributed by atoms with Gasteiger partial charge >= 0.3 is 0 Å². The highest BCUT2D eigenvalue weighted by molar-refractivity contribution is 6.30. The number of aromatic nitrogens is 2. The number of primary amides is 1. The Labute approximate surface area is 178 Å². The standard InChI is InChI=1S/C22H20ClN5O2/c1-2-18(29)26-16-6-4-3-5-15(16)17-11-12-25-22-19(21(24)30)20(27-28(17)22)13-7-9-14(23)10-8-13/h2-10,17,25H,1,11-12H2,(H2,24,30)(H,26,29). The van der Waals surface area contributed by atoms with Gasteiger partial charge in [0.1, 0.15) is 17.1 Å². The molecule has 1 aliphatic rings. The third kappa shape index (κ3) is 3.55. The lowest BCUT2D eigenvalue weighted by Gasteiger charge is -2.28. The zero-order chi connectivity index (χ0) is 21.3. The van der Waals surface area contributed by atoms with Crippen molar-refractivity contribution in [1.82, 2.24) is 9.78 Å². The van der Waals surface area contributed by atoms with Gasteiger partial charge in [0.25, 0.3) is 5.91 Å². The van der Waals surface area contributed by atoms with E-state index in [1.54, 1.807) is 28.9 Å². The van der Waals surface area contributed by atoms with E-state index in [1.165, 1.54) is 6.08 Å². The average Bonchev–Trinajstić information content (AvgIpc) is 3.14. The van der Waals surface area contributed by atoms with Crippen LogP contribution in [0.25, 0.3) is 11.3 Å². The zero-order valence-electron chi connectivity index (χ0n) is 16.1. The largest absolute Gasteiger partial charge is 0.369 e. The second-order valence-corrected chi connectivity index (χ2v) is 7.34. The van der Waals surface area contributed by atoms with Gasteiger partial charge in [0.15, 0.2) is 0 Å². The molecular weight excluding hydrogens is 402 g/mol. The molecule has 2 amide bonds. The minimum absolute atomic E-state index is 0.193. The minimum Gasteiger partial charge on any atom is -0.369 e. The predicted molar refractivity (Wildman–Crippen MR) is 118 cm³/mol. The molecule has 30 heavy (non-hydrogen) atoms. The van der Waals surface area contributed by atoms with Gasteiger partial charge < -0.3 is 16.4 Å². The van der Waals surface area contributed by atoms with Crippen LogP contribution in [0.1, 0.15) is 28.4 Å². The van der Waals surface area contributed by atoms with E-state index in [0.717, 1.165) is 11.1 Å². The molecule has 1 atom stereocenters. The Morgan fingerprint density at radius 3 is 2.67 bits per heavy atom. The monoisotopic (exact) mass is 421 g/mol. The topological polar surface area (TPSA) is 102 Å². The predicted octanol–water partition coefficient (Wildman–Crippen LogP) is 3.83. The van der Waals surface area contributed by atoms with E-state index in [1.807, 2.05) is 24.3 Å². The third-order valence-corrected chi connectivity index (χ3v) is 5.29. The van der Waals surface area contributed by atoms with Crippen molar-refractivity contribution >= 4 is 34.9 Å². The number of amides is 2. The number of anilines is 2. The molecule has 0 radical (unpaired) electrons. The van der Waals surface area contributed by atoms with Gasteiger partial charge in [-0.3, -0.25) is 9.59 Å². The number of nitrogens with zero attached hydrogens (tertiary/aromatic N) is 2. The first-order valence-electron chi connectivity index (χ1n) is 9.44. The Kier molecular flexibility index (Phi) is 5.29. The van der Waals surface area contributed by atoms with Crippen molar-refractivity contribution in [3.05, 3.63) is 77.3 Å².